The predicted molar refractivity (Wildman–Crippen MR) is 89.5 cm³/mol. The molecule has 6 rings (SSSR count). The molecule has 0 N–H and O–H groups in total. The molecule has 0 atom stereocenters. The zero-order chi connectivity index (χ0) is 14.6. The third-order valence-electron chi connectivity index (χ3n) is 6.48. The van der Waals surface area contributed by atoms with Crippen molar-refractivity contribution < 1.29 is 0 Å². The summed E-state index contributed by atoms with van der Waals surface area (Å²) in [6.07, 6.45) is 10.9. The molecule has 0 radical (unpaired) electrons. The minimum absolute atomic E-state index is 0.473. The molecule has 112 valence electrons. The van der Waals surface area contributed by atoms with E-state index < -0.39 is 0 Å². The number of aromatic nitrogens is 1. The van der Waals surface area contributed by atoms with Crippen LogP contribution in [0.1, 0.15) is 44.1 Å². The predicted octanol–water partition coefficient (Wildman–Crippen LogP) is 5.22. The second-order valence-corrected chi connectivity index (χ2v) is 7.99. The summed E-state index contributed by atoms with van der Waals surface area (Å²) in [7, 11) is 0. The molecule has 4 saturated carbocycles. The van der Waals surface area contributed by atoms with Crippen LogP contribution in [0.5, 0.6) is 0 Å². The van der Waals surface area contributed by atoms with Crippen molar-refractivity contribution in [1.82, 2.24) is 4.98 Å². The van der Waals surface area contributed by atoms with Gasteiger partial charge in [0.15, 0.2) is 0 Å². The molecule has 0 aliphatic heterocycles. The van der Waals surface area contributed by atoms with Gasteiger partial charge in [-0.05, 0) is 79.4 Å². The van der Waals surface area contributed by atoms with Crippen LogP contribution in [-0.4, -0.2) is 4.98 Å². The Balaban J connectivity index is 1.56. The number of hydrogen-bond acceptors (Lipinski definition) is 1. The van der Waals surface area contributed by atoms with Gasteiger partial charge in [-0.25, -0.2) is 0 Å². The van der Waals surface area contributed by atoms with Gasteiger partial charge in [0.1, 0.15) is 0 Å². The second-order valence-electron chi connectivity index (χ2n) is 7.99. The van der Waals surface area contributed by atoms with Gasteiger partial charge in [-0.2, -0.15) is 0 Å². The molecule has 0 amide bonds. The molecular formula is C21H23N. The Morgan fingerprint density at radius 3 is 2.09 bits per heavy atom. The third kappa shape index (κ3) is 1.95. The first kappa shape index (κ1) is 12.9. The molecule has 1 aromatic heterocycles. The lowest BCUT2D eigenvalue weighted by molar-refractivity contribution is -0.00520. The first-order valence-electron chi connectivity index (χ1n) is 8.83. The van der Waals surface area contributed by atoms with Crippen molar-refractivity contribution >= 4 is 0 Å². The van der Waals surface area contributed by atoms with Gasteiger partial charge < -0.3 is 0 Å². The molecule has 4 fully saturated rings. The summed E-state index contributed by atoms with van der Waals surface area (Å²) in [5.41, 5.74) is 4.43. The number of pyridine rings is 1. The highest BCUT2D eigenvalue weighted by Gasteiger charge is 2.51. The summed E-state index contributed by atoms with van der Waals surface area (Å²) < 4.78 is 0. The molecule has 4 aliphatic carbocycles. The molecule has 4 aliphatic rings. The van der Waals surface area contributed by atoms with E-state index in [0.29, 0.717) is 5.41 Å². The van der Waals surface area contributed by atoms with Crippen molar-refractivity contribution in [2.75, 3.05) is 0 Å². The van der Waals surface area contributed by atoms with Crippen molar-refractivity contribution in [3.05, 3.63) is 54.2 Å². The molecule has 1 aromatic carbocycles. The lowest BCUT2D eigenvalue weighted by atomic mass is 9.48. The monoisotopic (exact) mass is 289 g/mol. The molecule has 1 heteroatoms. The molecule has 0 saturated heterocycles. The van der Waals surface area contributed by atoms with Gasteiger partial charge in [0.05, 0.1) is 5.69 Å². The van der Waals surface area contributed by atoms with Crippen LogP contribution in [0.2, 0.25) is 0 Å². The van der Waals surface area contributed by atoms with E-state index >= 15 is 0 Å². The average Bonchev–Trinajstić information content (AvgIpc) is 2.55. The maximum atomic E-state index is 4.64. The molecule has 2 aromatic rings. The summed E-state index contributed by atoms with van der Waals surface area (Å²) in [5, 5.41) is 0. The van der Waals surface area contributed by atoms with Gasteiger partial charge in [-0.1, -0.05) is 30.3 Å². The van der Waals surface area contributed by atoms with E-state index in [1.165, 1.54) is 44.1 Å². The van der Waals surface area contributed by atoms with Crippen molar-refractivity contribution in [3.8, 4) is 11.3 Å². The Bertz CT molecular complexity index is 653. The highest BCUT2D eigenvalue weighted by molar-refractivity contribution is 5.60. The number of nitrogens with zero attached hydrogens (tertiary/aromatic N) is 1. The van der Waals surface area contributed by atoms with Crippen molar-refractivity contribution in [3.63, 3.8) is 0 Å². The van der Waals surface area contributed by atoms with Crippen LogP contribution in [-0.2, 0) is 5.41 Å². The highest BCUT2D eigenvalue weighted by atomic mass is 14.7. The Kier molecular flexibility index (Phi) is 2.74. The minimum Gasteiger partial charge on any atom is -0.256 e. The van der Waals surface area contributed by atoms with Gasteiger partial charge in [0, 0.05) is 11.8 Å². The van der Waals surface area contributed by atoms with E-state index in [4.69, 9.17) is 0 Å². The number of benzene rings is 1. The maximum absolute atomic E-state index is 4.64. The van der Waals surface area contributed by atoms with Gasteiger partial charge in [-0.15, -0.1) is 0 Å². The summed E-state index contributed by atoms with van der Waals surface area (Å²) >= 11 is 0. The Morgan fingerprint density at radius 1 is 0.818 bits per heavy atom. The SMILES string of the molecule is c1ccc(-c2cc(C34CC5CC(CC(C5)C3)C4)ccn2)cc1. The van der Waals surface area contributed by atoms with Crippen molar-refractivity contribution in [2.45, 2.75) is 43.9 Å². The lowest BCUT2D eigenvalue weighted by Gasteiger charge is -2.57. The van der Waals surface area contributed by atoms with E-state index in [1.54, 1.807) is 5.56 Å². The minimum atomic E-state index is 0.473. The zero-order valence-corrected chi connectivity index (χ0v) is 13.0. The Morgan fingerprint density at radius 2 is 1.45 bits per heavy atom. The highest BCUT2D eigenvalue weighted by Crippen LogP contribution is 2.60. The summed E-state index contributed by atoms with van der Waals surface area (Å²) in [4.78, 5) is 4.64. The molecular weight excluding hydrogens is 266 g/mol. The van der Waals surface area contributed by atoms with E-state index in [1.807, 2.05) is 6.20 Å². The van der Waals surface area contributed by atoms with Gasteiger partial charge in [0.25, 0.3) is 0 Å². The molecule has 22 heavy (non-hydrogen) atoms. The first-order valence-corrected chi connectivity index (χ1v) is 8.83. The standard InChI is InChI=1S/C21H23N/c1-2-4-18(5-3-1)20-11-19(6-7-22-20)21-12-15-8-16(13-21)10-17(9-15)14-21/h1-7,11,15-17H,8-10,12-14H2. The van der Waals surface area contributed by atoms with Crippen LogP contribution in [0.25, 0.3) is 11.3 Å². The summed E-state index contributed by atoms with van der Waals surface area (Å²) in [6.45, 7) is 0. The topological polar surface area (TPSA) is 12.9 Å². The van der Waals surface area contributed by atoms with Crippen LogP contribution in [0, 0.1) is 17.8 Å². The van der Waals surface area contributed by atoms with Crippen LogP contribution < -0.4 is 0 Å². The quantitative estimate of drug-likeness (QED) is 0.739. The first-order chi connectivity index (χ1) is 10.8. The molecule has 4 bridgehead atoms. The Labute approximate surface area is 132 Å². The molecule has 1 nitrogen and oxygen atoms in total. The van der Waals surface area contributed by atoms with Crippen LogP contribution in [0.15, 0.2) is 48.7 Å². The fourth-order valence-electron chi connectivity index (χ4n) is 5.99. The molecule has 1 heterocycles. The van der Waals surface area contributed by atoms with Gasteiger partial charge >= 0.3 is 0 Å². The summed E-state index contributed by atoms with van der Waals surface area (Å²) in [6, 6.07) is 15.3. The van der Waals surface area contributed by atoms with Crippen molar-refractivity contribution in [2.24, 2.45) is 17.8 Å². The molecule has 0 spiro atoms. The van der Waals surface area contributed by atoms with Gasteiger partial charge in [-0.3, -0.25) is 4.98 Å². The van der Waals surface area contributed by atoms with Crippen LogP contribution in [0.3, 0.4) is 0 Å². The normalized spacial score (nSPS) is 35.7. The second kappa shape index (κ2) is 4.68. The van der Waals surface area contributed by atoms with E-state index in [9.17, 15) is 0 Å². The smallest absolute Gasteiger partial charge is 0.0704 e. The average molecular weight is 289 g/mol. The summed E-state index contributed by atoms with van der Waals surface area (Å²) in [5.74, 6) is 3.00. The van der Waals surface area contributed by atoms with Gasteiger partial charge in [0.2, 0.25) is 0 Å². The molecule has 0 unspecified atom stereocenters. The Hall–Kier alpha value is -1.63. The lowest BCUT2D eigenvalue weighted by Crippen LogP contribution is -2.48. The zero-order valence-electron chi connectivity index (χ0n) is 13.0. The fourth-order valence-corrected chi connectivity index (χ4v) is 5.99. The van der Waals surface area contributed by atoms with Crippen LogP contribution in [0.4, 0.5) is 0 Å². The van der Waals surface area contributed by atoms with E-state index in [0.717, 1.165) is 23.4 Å². The largest absolute Gasteiger partial charge is 0.256 e. The van der Waals surface area contributed by atoms with Crippen LogP contribution >= 0.6 is 0 Å². The van der Waals surface area contributed by atoms with Crippen molar-refractivity contribution in [1.29, 1.82) is 0 Å². The van der Waals surface area contributed by atoms with E-state index in [2.05, 4.69) is 47.4 Å². The van der Waals surface area contributed by atoms with E-state index in [-0.39, 0.29) is 0 Å². The third-order valence-corrected chi connectivity index (χ3v) is 6.48. The maximum Gasteiger partial charge on any atom is 0.0704 e. The fraction of sp³-hybridized carbons (Fsp3) is 0.476. The number of rotatable bonds is 2. The number of hydrogen-bond donors (Lipinski definition) is 0.